The van der Waals surface area contributed by atoms with E-state index in [1.165, 1.54) is 32.1 Å². The molecule has 0 aromatic heterocycles. The SMILES string of the molecule is CN(C(=O)C1CC=CCC1)C1CCCCC1. The van der Waals surface area contributed by atoms with Gasteiger partial charge >= 0.3 is 0 Å². The molecule has 0 N–H and O–H groups in total. The Kier molecular flexibility index (Phi) is 4.03. The lowest BCUT2D eigenvalue weighted by Crippen LogP contribution is -2.41. The third kappa shape index (κ3) is 2.66. The van der Waals surface area contributed by atoms with Gasteiger partial charge in [0, 0.05) is 19.0 Å². The zero-order valence-corrected chi connectivity index (χ0v) is 10.3. The molecule has 0 spiro atoms. The first-order chi connectivity index (χ1) is 7.79. The maximum absolute atomic E-state index is 12.3. The molecule has 90 valence electrons. The highest BCUT2D eigenvalue weighted by Gasteiger charge is 2.27. The lowest BCUT2D eigenvalue weighted by atomic mass is 9.90. The Morgan fingerprint density at radius 1 is 1.12 bits per heavy atom. The molecule has 1 amide bonds. The van der Waals surface area contributed by atoms with Crippen LogP contribution in [-0.2, 0) is 4.79 Å². The summed E-state index contributed by atoms with van der Waals surface area (Å²) in [7, 11) is 2.01. The predicted octanol–water partition coefficient (Wildman–Crippen LogP) is 3.13. The molecule has 1 fully saturated rings. The average Bonchev–Trinajstić information content (AvgIpc) is 2.39. The summed E-state index contributed by atoms with van der Waals surface area (Å²) < 4.78 is 0. The number of amides is 1. The number of carbonyl (C=O) groups is 1. The molecule has 2 heteroatoms. The Morgan fingerprint density at radius 3 is 2.50 bits per heavy atom. The van der Waals surface area contributed by atoms with Gasteiger partial charge in [-0.15, -0.1) is 0 Å². The van der Waals surface area contributed by atoms with Gasteiger partial charge in [0.1, 0.15) is 0 Å². The van der Waals surface area contributed by atoms with Gasteiger partial charge in [-0.1, -0.05) is 31.4 Å². The molecule has 1 atom stereocenters. The number of carbonyl (C=O) groups excluding carboxylic acids is 1. The molecule has 16 heavy (non-hydrogen) atoms. The van der Waals surface area contributed by atoms with Crippen LogP contribution in [0.1, 0.15) is 51.4 Å². The number of hydrogen-bond donors (Lipinski definition) is 0. The van der Waals surface area contributed by atoms with E-state index in [0.717, 1.165) is 19.3 Å². The van der Waals surface area contributed by atoms with Gasteiger partial charge in [-0.3, -0.25) is 4.79 Å². The van der Waals surface area contributed by atoms with Crippen molar-refractivity contribution in [3.63, 3.8) is 0 Å². The first kappa shape index (κ1) is 11.7. The molecule has 2 aliphatic carbocycles. The van der Waals surface area contributed by atoms with E-state index in [1.54, 1.807) is 0 Å². The maximum Gasteiger partial charge on any atom is 0.225 e. The summed E-state index contributed by atoms with van der Waals surface area (Å²) in [4.78, 5) is 14.3. The Hall–Kier alpha value is -0.790. The summed E-state index contributed by atoms with van der Waals surface area (Å²) in [5.74, 6) is 0.646. The van der Waals surface area contributed by atoms with E-state index in [4.69, 9.17) is 0 Å². The van der Waals surface area contributed by atoms with Crippen LogP contribution in [0.4, 0.5) is 0 Å². The van der Waals surface area contributed by atoms with Crippen LogP contribution in [0.5, 0.6) is 0 Å². The molecule has 0 heterocycles. The Labute approximate surface area is 98.7 Å². The molecule has 2 rings (SSSR count). The Bertz CT molecular complexity index is 266. The zero-order valence-electron chi connectivity index (χ0n) is 10.3. The van der Waals surface area contributed by atoms with Gasteiger partial charge in [0.25, 0.3) is 0 Å². The largest absolute Gasteiger partial charge is 0.343 e. The standard InChI is InChI=1S/C14H23NO/c1-15(13-10-6-3-7-11-13)14(16)12-8-4-2-5-9-12/h2,4,12-13H,3,5-11H2,1H3. The zero-order chi connectivity index (χ0) is 11.4. The summed E-state index contributed by atoms with van der Waals surface area (Å²) in [6.07, 6.45) is 13.8. The number of hydrogen-bond acceptors (Lipinski definition) is 1. The topological polar surface area (TPSA) is 20.3 Å². The number of allylic oxidation sites excluding steroid dienone is 2. The van der Waals surface area contributed by atoms with Crippen LogP contribution in [-0.4, -0.2) is 23.9 Å². The minimum Gasteiger partial charge on any atom is -0.343 e. The maximum atomic E-state index is 12.3. The summed E-state index contributed by atoms with van der Waals surface area (Å²) in [5.41, 5.74) is 0. The molecule has 0 aliphatic heterocycles. The second-order valence-electron chi connectivity index (χ2n) is 5.22. The predicted molar refractivity (Wildman–Crippen MR) is 66.1 cm³/mol. The van der Waals surface area contributed by atoms with Crippen molar-refractivity contribution in [2.75, 3.05) is 7.05 Å². The molecular weight excluding hydrogens is 198 g/mol. The van der Waals surface area contributed by atoms with Gasteiger partial charge in [-0.2, -0.15) is 0 Å². The smallest absolute Gasteiger partial charge is 0.225 e. The summed E-state index contributed by atoms with van der Waals surface area (Å²) in [5, 5.41) is 0. The second-order valence-corrected chi connectivity index (χ2v) is 5.22. The quantitative estimate of drug-likeness (QED) is 0.656. The van der Waals surface area contributed by atoms with Crippen molar-refractivity contribution in [2.24, 2.45) is 5.92 Å². The molecular formula is C14H23NO. The van der Waals surface area contributed by atoms with Crippen LogP contribution in [0.2, 0.25) is 0 Å². The van der Waals surface area contributed by atoms with Gasteiger partial charge in [-0.25, -0.2) is 0 Å². The molecule has 0 radical (unpaired) electrons. The van der Waals surface area contributed by atoms with Crippen LogP contribution in [0.3, 0.4) is 0 Å². The van der Waals surface area contributed by atoms with Crippen molar-refractivity contribution in [3.8, 4) is 0 Å². The molecule has 1 saturated carbocycles. The van der Waals surface area contributed by atoms with Crippen molar-refractivity contribution in [2.45, 2.75) is 57.4 Å². The highest BCUT2D eigenvalue weighted by atomic mass is 16.2. The summed E-state index contributed by atoms with van der Waals surface area (Å²) in [6.45, 7) is 0. The third-order valence-electron chi connectivity index (χ3n) is 4.09. The Morgan fingerprint density at radius 2 is 1.88 bits per heavy atom. The minimum atomic E-state index is 0.261. The molecule has 1 unspecified atom stereocenters. The fourth-order valence-corrected chi connectivity index (χ4v) is 2.95. The highest BCUT2D eigenvalue weighted by molar-refractivity contribution is 5.79. The van der Waals surface area contributed by atoms with E-state index in [0.29, 0.717) is 11.9 Å². The molecule has 0 bridgehead atoms. The molecule has 0 saturated heterocycles. The van der Waals surface area contributed by atoms with E-state index in [-0.39, 0.29) is 5.92 Å². The van der Waals surface area contributed by atoms with Gasteiger partial charge < -0.3 is 4.90 Å². The summed E-state index contributed by atoms with van der Waals surface area (Å²) in [6, 6.07) is 0.521. The fraction of sp³-hybridized carbons (Fsp3) is 0.786. The van der Waals surface area contributed by atoms with Gasteiger partial charge in [0.15, 0.2) is 0 Å². The van der Waals surface area contributed by atoms with Crippen LogP contribution in [0.25, 0.3) is 0 Å². The van der Waals surface area contributed by atoms with E-state index < -0.39 is 0 Å². The van der Waals surface area contributed by atoms with E-state index in [1.807, 2.05) is 11.9 Å². The minimum absolute atomic E-state index is 0.261. The van der Waals surface area contributed by atoms with Crippen LogP contribution < -0.4 is 0 Å². The van der Waals surface area contributed by atoms with E-state index >= 15 is 0 Å². The lowest BCUT2D eigenvalue weighted by molar-refractivity contribution is -0.137. The van der Waals surface area contributed by atoms with E-state index in [2.05, 4.69) is 12.2 Å². The Balaban J connectivity index is 1.89. The van der Waals surface area contributed by atoms with Gasteiger partial charge in [0.05, 0.1) is 0 Å². The molecule has 0 aromatic carbocycles. The second kappa shape index (κ2) is 5.51. The third-order valence-corrected chi connectivity index (χ3v) is 4.09. The fourth-order valence-electron chi connectivity index (χ4n) is 2.95. The normalized spacial score (nSPS) is 26.7. The van der Waals surface area contributed by atoms with Crippen LogP contribution in [0.15, 0.2) is 12.2 Å². The van der Waals surface area contributed by atoms with Crippen LogP contribution >= 0.6 is 0 Å². The van der Waals surface area contributed by atoms with Gasteiger partial charge in [-0.05, 0) is 32.1 Å². The van der Waals surface area contributed by atoms with Crippen molar-refractivity contribution in [1.29, 1.82) is 0 Å². The van der Waals surface area contributed by atoms with E-state index in [9.17, 15) is 4.79 Å². The number of rotatable bonds is 2. The first-order valence-electron chi connectivity index (χ1n) is 6.70. The van der Waals surface area contributed by atoms with Crippen molar-refractivity contribution >= 4 is 5.91 Å². The molecule has 0 aromatic rings. The monoisotopic (exact) mass is 221 g/mol. The molecule has 2 aliphatic rings. The van der Waals surface area contributed by atoms with Gasteiger partial charge in [0.2, 0.25) is 5.91 Å². The number of nitrogens with zero attached hydrogens (tertiary/aromatic N) is 1. The van der Waals surface area contributed by atoms with Crippen LogP contribution in [0, 0.1) is 5.92 Å². The molecule has 2 nitrogen and oxygen atoms in total. The van der Waals surface area contributed by atoms with Crippen molar-refractivity contribution in [3.05, 3.63) is 12.2 Å². The average molecular weight is 221 g/mol. The van der Waals surface area contributed by atoms with Crippen molar-refractivity contribution < 1.29 is 4.79 Å². The highest BCUT2D eigenvalue weighted by Crippen LogP contribution is 2.26. The lowest BCUT2D eigenvalue weighted by Gasteiger charge is -2.34. The van der Waals surface area contributed by atoms with Crippen molar-refractivity contribution in [1.82, 2.24) is 4.90 Å². The summed E-state index contributed by atoms with van der Waals surface area (Å²) >= 11 is 0. The first-order valence-corrected chi connectivity index (χ1v) is 6.70.